The highest BCUT2D eigenvalue weighted by molar-refractivity contribution is 5.96. The van der Waals surface area contributed by atoms with Crippen LogP contribution in [0.1, 0.15) is 69.6 Å². The number of carbonyl (C=O) groups is 1. The predicted octanol–water partition coefficient (Wildman–Crippen LogP) is 5.11. The van der Waals surface area contributed by atoms with Crippen molar-refractivity contribution in [3.63, 3.8) is 0 Å². The number of halogens is 3. The number of benzene rings is 1. The Morgan fingerprint density at radius 1 is 1.16 bits per heavy atom. The molecule has 0 radical (unpaired) electrons. The Kier molecular flexibility index (Phi) is 7.31. The van der Waals surface area contributed by atoms with Gasteiger partial charge in [-0.3, -0.25) is 19.6 Å². The summed E-state index contributed by atoms with van der Waals surface area (Å²) in [6.07, 6.45) is -1.11. The first-order valence-electron chi connectivity index (χ1n) is 14.6. The number of piperidine rings is 1. The van der Waals surface area contributed by atoms with Crippen molar-refractivity contribution in [1.29, 1.82) is 0 Å². The third kappa shape index (κ3) is 5.90. The van der Waals surface area contributed by atoms with E-state index < -0.39 is 24.8 Å². The lowest BCUT2D eigenvalue weighted by atomic mass is 9.86. The molecule has 1 aromatic heterocycles. The number of hydrogen-bond donors (Lipinski definition) is 0. The van der Waals surface area contributed by atoms with E-state index in [-0.39, 0.29) is 24.1 Å². The van der Waals surface area contributed by atoms with Crippen LogP contribution in [-0.4, -0.2) is 83.5 Å². The number of piperazine rings is 1. The molecule has 4 rings (SSSR count). The SMILES string of the molecule is [2H]C([2H])([2H])OC[C@@H](c1ccc(C(F)(F)F)cc1)N1CCN(C2(C)CCN(C(=O)c3c(C)ccnc3C)CC2)C[C@@H]1C. The van der Waals surface area contributed by atoms with E-state index in [0.717, 1.165) is 36.2 Å². The lowest BCUT2D eigenvalue weighted by Crippen LogP contribution is -2.62. The second-order valence-electron chi connectivity index (χ2n) is 10.9. The number of amides is 1. The second kappa shape index (κ2) is 11.3. The van der Waals surface area contributed by atoms with Crippen molar-refractivity contribution in [3.05, 3.63) is 64.5 Å². The number of ether oxygens (including phenoxy) is 1. The van der Waals surface area contributed by atoms with Crippen molar-refractivity contribution in [3.8, 4) is 0 Å². The van der Waals surface area contributed by atoms with Gasteiger partial charge in [-0.2, -0.15) is 13.2 Å². The van der Waals surface area contributed by atoms with E-state index >= 15 is 0 Å². The molecule has 2 saturated heterocycles. The Morgan fingerprint density at radius 3 is 2.42 bits per heavy atom. The summed E-state index contributed by atoms with van der Waals surface area (Å²) in [5, 5.41) is 0. The normalized spacial score (nSPS) is 23.4. The average Bonchev–Trinajstić information content (AvgIpc) is 2.89. The number of nitrogens with zero attached hydrogens (tertiary/aromatic N) is 4. The molecule has 0 aliphatic carbocycles. The number of methoxy groups -OCH3 is 1. The monoisotopic (exact) mass is 535 g/mol. The van der Waals surface area contributed by atoms with Gasteiger partial charge in [-0.25, -0.2) is 0 Å². The first kappa shape index (κ1) is 24.5. The number of aryl methyl sites for hydroxylation is 2. The molecule has 2 aliphatic rings. The fourth-order valence-corrected chi connectivity index (χ4v) is 5.97. The number of likely N-dealkylation sites (tertiary alicyclic amines) is 1. The second-order valence-corrected chi connectivity index (χ2v) is 10.9. The van der Waals surface area contributed by atoms with E-state index in [4.69, 9.17) is 8.85 Å². The van der Waals surface area contributed by atoms with Gasteiger partial charge in [0.1, 0.15) is 0 Å². The molecule has 0 N–H and O–H groups in total. The van der Waals surface area contributed by atoms with Gasteiger partial charge in [0.2, 0.25) is 0 Å². The lowest BCUT2D eigenvalue weighted by Gasteiger charge is -2.52. The fourth-order valence-electron chi connectivity index (χ4n) is 5.97. The van der Waals surface area contributed by atoms with Crippen LogP contribution in [0.25, 0.3) is 0 Å². The summed E-state index contributed by atoms with van der Waals surface area (Å²) < 4.78 is 67.1. The summed E-state index contributed by atoms with van der Waals surface area (Å²) in [7, 11) is -2.61. The van der Waals surface area contributed by atoms with E-state index in [1.807, 2.05) is 24.8 Å². The van der Waals surface area contributed by atoms with Crippen molar-refractivity contribution >= 4 is 5.91 Å². The largest absolute Gasteiger partial charge is 0.416 e. The van der Waals surface area contributed by atoms with Gasteiger partial charge in [-0.05, 0) is 69.9 Å². The van der Waals surface area contributed by atoms with Crippen LogP contribution < -0.4 is 0 Å². The van der Waals surface area contributed by atoms with Crippen molar-refractivity contribution in [2.24, 2.45) is 0 Å². The summed E-state index contributed by atoms with van der Waals surface area (Å²) in [5.41, 5.74) is 2.05. The minimum Gasteiger partial charge on any atom is -0.383 e. The number of alkyl halides is 3. The molecule has 0 unspecified atom stereocenters. The van der Waals surface area contributed by atoms with Crippen LogP contribution in [0.5, 0.6) is 0 Å². The minimum atomic E-state index is -4.45. The Bertz CT molecular complexity index is 1200. The Labute approximate surface area is 228 Å². The first-order chi connectivity index (χ1) is 19.1. The van der Waals surface area contributed by atoms with Crippen molar-refractivity contribution in [1.82, 2.24) is 19.7 Å². The maximum Gasteiger partial charge on any atom is 0.416 e. The zero-order chi connectivity index (χ0) is 30.2. The van der Waals surface area contributed by atoms with E-state index in [0.29, 0.717) is 43.9 Å². The third-order valence-corrected chi connectivity index (χ3v) is 8.40. The van der Waals surface area contributed by atoms with Gasteiger partial charge in [0.25, 0.3) is 5.91 Å². The molecule has 9 heteroatoms. The molecule has 2 aromatic rings. The number of hydrogen-bond acceptors (Lipinski definition) is 5. The first-order valence-corrected chi connectivity index (χ1v) is 13.1. The lowest BCUT2D eigenvalue weighted by molar-refractivity contribution is -0.137. The van der Waals surface area contributed by atoms with Crippen LogP contribution in [0.4, 0.5) is 13.2 Å². The molecule has 38 heavy (non-hydrogen) atoms. The molecular formula is C29H39F3N4O2. The molecule has 1 amide bonds. The van der Waals surface area contributed by atoms with E-state index in [1.165, 1.54) is 12.1 Å². The fraction of sp³-hybridized carbons (Fsp3) is 0.586. The molecule has 6 nitrogen and oxygen atoms in total. The molecule has 0 spiro atoms. The summed E-state index contributed by atoms with van der Waals surface area (Å²) in [6, 6.07) is 6.23. The molecule has 2 aliphatic heterocycles. The number of rotatable bonds is 6. The zero-order valence-electron chi connectivity index (χ0n) is 25.5. The van der Waals surface area contributed by atoms with Gasteiger partial charge in [0.15, 0.2) is 0 Å². The van der Waals surface area contributed by atoms with Crippen LogP contribution in [0, 0.1) is 13.8 Å². The Hall–Kier alpha value is -2.49. The highest BCUT2D eigenvalue weighted by Gasteiger charge is 2.41. The average molecular weight is 536 g/mol. The van der Waals surface area contributed by atoms with E-state index in [1.54, 1.807) is 6.20 Å². The zero-order valence-corrected chi connectivity index (χ0v) is 22.5. The Balaban J connectivity index is 1.44. The quantitative estimate of drug-likeness (QED) is 0.515. The summed E-state index contributed by atoms with van der Waals surface area (Å²) >= 11 is 0. The van der Waals surface area contributed by atoms with Crippen LogP contribution in [-0.2, 0) is 10.9 Å². The van der Waals surface area contributed by atoms with Gasteiger partial charge >= 0.3 is 6.18 Å². The van der Waals surface area contributed by atoms with Gasteiger partial charge < -0.3 is 9.64 Å². The molecule has 208 valence electrons. The maximum atomic E-state index is 13.3. The highest BCUT2D eigenvalue weighted by atomic mass is 19.4. The van der Waals surface area contributed by atoms with Gasteiger partial charge in [-0.15, -0.1) is 0 Å². The topological polar surface area (TPSA) is 48.9 Å². The number of carbonyl (C=O) groups excluding carboxylic acids is 1. The molecule has 2 fully saturated rings. The van der Waals surface area contributed by atoms with Gasteiger partial charge in [-0.1, -0.05) is 12.1 Å². The smallest absolute Gasteiger partial charge is 0.383 e. The summed E-state index contributed by atoms with van der Waals surface area (Å²) in [6.45, 7) is 11.2. The van der Waals surface area contributed by atoms with Crippen LogP contribution in [0.3, 0.4) is 0 Å². The van der Waals surface area contributed by atoms with Crippen molar-refractivity contribution in [2.45, 2.75) is 64.3 Å². The van der Waals surface area contributed by atoms with Crippen LogP contribution in [0.15, 0.2) is 36.5 Å². The van der Waals surface area contributed by atoms with Crippen LogP contribution in [0.2, 0.25) is 0 Å². The van der Waals surface area contributed by atoms with Gasteiger partial charge in [0, 0.05) is 57.5 Å². The standard InChI is InChI=1S/C29H39F3N4O2/c1-20-10-13-33-22(3)26(20)27(37)34-14-11-28(4,12-15-34)35-16-17-36(21(2)18-35)25(19-38-5)23-6-8-24(9-7-23)29(30,31)32/h6-10,13,21,25H,11-12,14-19H2,1-5H3/t21-,25-/m0/s1/i5D3. The van der Waals surface area contributed by atoms with Crippen molar-refractivity contribution < 1.29 is 26.8 Å². The molecule has 2 atom stereocenters. The minimum absolute atomic E-state index is 0.00609. The molecule has 1 aromatic carbocycles. The van der Waals surface area contributed by atoms with E-state index in [2.05, 4.69) is 28.6 Å². The number of aromatic nitrogens is 1. The van der Waals surface area contributed by atoms with E-state index in [9.17, 15) is 18.0 Å². The summed E-state index contributed by atoms with van der Waals surface area (Å²) in [4.78, 5) is 24.1. The van der Waals surface area contributed by atoms with Crippen LogP contribution >= 0.6 is 0 Å². The molecule has 3 heterocycles. The predicted molar refractivity (Wildman–Crippen MR) is 141 cm³/mol. The molecule has 0 bridgehead atoms. The highest BCUT2D eigenvalue weighted by Crippen LogP contribution is 2.35. The number of pyridine rings is 1. The summed E-state index contributed by atoms with van der Waals surface area (Å²) in [5.74, 6) is 0.0157. The van der Waals surface area contributed by atoms with Gasteiger partial charge in [0.05, 0.1) is 33.6 Å². The third-order valence-electron chi connectivity index (χ3n) is 8.40. The maximum absolute atomic E-state index is 13.3. The molecular weight excluding hydrogens is 493 g/mol. The van der Waals surface area contributed by atoms with Crippen molar-refractivity contribution in [2.75, 3.05) is 46.4 Å². The Morgan fingerprint density at radius 2 is 1.84 bits per heavy atom. The molecule has 0 saturated carbocycles.